The van der Waals surface area contributed by atoms with E-state index < -0.39 is 0 Å². The van der Waals surface area contributed by atoms with Crippen LogP contribution in [0.4, 0.5) is 0 Å². The van der Waals surface area contributed by atoms with Crippen molar-refractivity contribution in [3.05, 3.63) is 59.8 Å². The van der Waals surface area contributed by atoms with Crippen LogP contribution in [0.5, 0.6) is 5.75 Å². The number of fused-ring (bicyclic) bond motifs is 1. The minimum atomic E-state index is -0.112. The van der Waals surface area contributed by atoms with Crippen molar-refractivity contribution >= 4 is 16.8 Å². The zero-order valence-corrected chi connectivity index (χ0v) is 14.8. The first-order chi connectivity index (χ1) is 12.2. The van der Waals surface area contributed by atoms with E-state index in [0.717, 1.165) is 28.6 Å². The van der Waals surface area contributed by atoms with Crippen LogP contribution in [0.1, 0.15) is 42.4 Å². The molecular weight excluding hydrogens is 314 g/mol. The van der Waals surface area contributed by atoms with Crippen LogP contribution in [0.15, 0.2) is 48.5 Å². The Morgan fingerprint density at radius 2 is 1.92 bits per heavy atom. The number of benzene rings is 2. The zero-order valence-electron chi connectivity index (χ0n) is 14.8. The summed E-state index contributed by atoms with van der Waals surface area (Å²) < 4.78 is 5.48. The number of hydrogen-bond donors (Lipinski definition) is 1. The second-order valence-electron chi connectivity index (χ2n) is 6.03. The minimum absolute atomic E-state index is 0.0716. The molecule has 0 spiro atoms. The van der Waals surface area contributed by atoms with Crippen molar-refractivity contribution in [3.63, 3.8) is 0 Å². The second-order valence-corrected chi connectivity index (χ2v) is 6.03. The predicted molar refractivity (Wildman–Crippen MR) is 98.8 cm³/mol. The molecule has 1 heterocycles. The summed E-state index contributed by atoms with van der Waals surface area (Å²) >= 11 is 0. The molecular formula is C20H23N3O2. The predicted octanol–water partition coefficient (Wildman–Crippen LogP) is 4.18. The third kappa shape index (κ3) is 3.22. The summed E-state index contributed by atoms with van der Waals surface area (Å²) in [7, 11) is 1.65. The fourth-order valence-corrected chi connectivity index (χ4v) is 3.15. The van der Waals surface area contributed by atoms with Gasteiger partial charge in [-0.15, -0.1) is 0 Å². The Bertz CT molecular complexity index is 872. The van der Waals surface area contributed by atoms with E-state index >= 15 is 0 Å². The molecule has 1 N–H and O–H groups in total. The van der Waals surface area contributed by atoms with Crippen LogP contribution < -0.4 is 4.74 Å². The maximum Gasteiger partial charge on any atom is 0.275 e. The van der Waals surface area contributed by atoms with E-state index in [-0.39, 0.29) is 11.9 Å². The molecule has 0 aliphatic rings. The number of ether oxygens (including phenoxy) is 1. The number of H-pyrrole nitrogens is 1. The van der Waals surface area contributed by atoms with Crippen LogP contribution in [0, 0.1) is 0 Å². The van der Waals surface area contributed by atoms with Gasteiger partial charge in [-0.3, -0.25) is 9.89 Å². The number of aromatic nitrogens is 2. The van der Waals surface area contributed by atoms with Crippen molar-refractivity contribution in [1.82, 2.24) is 15.1 Å². The van der Waals surface area contributed by atoms with E-state index in [1.807, 2.05) is 60.4 Å². The lowest BCUT2D eigenvalue weighted by Gasteiger charge is -2.29. The van der Waals surface area contributed by atoms with E-state index in [1.54, 1.807) is 7.11 Å². The lowest BCUT2D eigenvalue weighted by Crippen LogP contribution is -2.34. The van der Waals surface area contributed by atoms with Gasteiger partial charge < -0.3 is 9.64 Å². The molecule has 130 valence electrons. The summed E-state index contributed by atoms with van der Waals surface area (Å²) in [5, 5.41) is 8.06. The number of nitrogens with zero attached hydrogens (tertiary/aromatic N) is 2. The highest BCUT2D eigenvalue weighted by Crippen LogP contribution is 2.30. The number of rotatable bonds is 6. The average Bonchev–Trinajstić information content (AvgIpc) is 3.09. The topological polar surface area (TPSA) is 58.2 Å². The van der Waals surface area contributed by atoms with E-state index in [0.29, 0.717) is 12.2 Å². The van der Waals surface area contributed by atoms with Gasteiger partial charge in [-0.2, -0.15) is 5.10 Å². The Morgan fingerprint density at radius 1 is 1.20 bits per heavy atom. The van der Waals surface area contributed by atoms with Crippen molar-refractivity contribution in [1.29, 1.82) is 0 Å². The van der Waals surface area contributed by atoms with E-state index in [1.165, 1.54) is 0 Å². The Morgan fingerprint density at radius 3 is 2.68 bits per heavy atom. The molecule has 1 amide bonds. The standard InChI is InChI=1S/C20H23N3O2/c1-4-13-23(14(2)15-9-6-8-12-18(15)25-3)20(24)19-16-10-5-7-11-17(16)21-22-19/h5-12,14H,4,13H2,1-3H3,(H,21,22). The maximum atomic E-state index is 13.2. The van der Waals surface area contributed by atoms with Gasteiger partial charge in [-0.1, -0.05) is 43.3 Å². The van der Waals surface area contributed by atoms with Crippen LogP contribution in [0.25, 0.3) is 10.9 Å². The fourth-order valence-electron chi connectivity index (χ4n) is 3.15. The third-order valence-corrected chi connectivity index (χ3v) is 4.45. The summed E-state index contributed by atoms with van der Waals surface area (Å²) in [6.07, 6.45) is 0.869. The molecule has 3 aromatic rings. The highest BCUT2D eigenvalue weighted by atomic mass is 16.5. The largest absolute Gasteiger partial charge is 0.496 e. The number of aromatic amines is 1. The molecule has 0 saturated carbocycles. The van der Waals surface area contributed by atoms with E-state index in [9.17, 15) is 4.79 Å². The summed E-state index contributed by atoms with van der Waals surface area (Å²) in [5.74, 6) is 0.716. The summed E-state index contributed by atoms with van der Waals surface area (Å²) in [6.45, 7) is 4.75. The van der Waals surface area contributed by atoms with Crippen LogP contribution in [-0.2, 0) is 0 Å². The minimum Gasteiger partial charge on any atom is -0.496 e. The van der Waals surface area contributed by atoms with Gasteiger partial charge in [0.1, 0.15) is 5.75 Å². The molecule has 0 radical (unpaired) electrons. The van der Waals surface area contributed by atoms with Gasteiger partial charge in [0, 0.05) is 17.5 Å². The van der Waals surface area contributed by atoms with Crippen molar-refractivity contribution in [2.75, 3.05) is 13.7 Å². The van der Waals surface area contributed by atoms with Crippen LogP contribution >= 0.6 is 0 Å². The van der Waals surface area contributed by atoms with Gasteiger partial charge in [-0.05, 0) is 25.5 Å². The van der Waals surface area contributed by atoms with Crippen molar-refractivity contribution in [2.24, 2.45) is 0 Å². The normalized spacial score (nSPS) is 12.1. The monoisotopic (exact) mass is 337 g/mol. The molecule has 0 saturated heterocycles. The molecule has 5 nitrogen and oxygen atoms in total. The Labute approximate surface area is 147 Å². The zero-order chi connectivity index (χ0) is 17.8. The molecule has 0 aliphatic carbocycles. The van der Waals surface area contributed by atoms with Crippen LogP contribution in [0.2, 0.25) is 0 Å². The second kappa shape index (κ2) is 7.38. The van der Waals surface area contributed by atoms with Gasteiger partial charge in [0.25, 0.3) is 5.91 Å². The van der Waals surface area contributed by atoms with Crippen molar-refractivity contribution in [2.45, 2.75) is 26.3 Å². The lowest BCUT2D eigenvalue weighted by atomic mass is 10.0. The molecule has 0 fully saturated rings. The number of nitrogens with one attached hydrogen (secondary N) is 1. The SMILES string of the molecule is CCCN(C(=O)c1n[nH]c2ccccc12)C(C)c1ccccc1OC. The van der Waals surface area contributed by atoms with Crippen molar-refractivity contribution < 1.29 is 9.53 Å². The molecule has 5 heteroatoms. The van der Waals surface area contributed by atoms with Gasteiger partial charge in [0.05, 0.1) is 18.7 Å². The summed E-state index contributed by atoms with van der Waals surface area (Å²) in [5.41, 5.74) is 2.32. The van der Waals surface area contributed by atoms with Gasteiger partial charge in [0.15, 0.2) is 5.69 Å². The average molecular weight is 337 g/mol. The first-order valence-corrected chi connectivity index (χ1v) is 8.54. The van der Waals surface area contributed by atoms with E-state index in [2.05, 4.69) is 17.1 Å². The number of hydrogen-bond acceptors (Lipinski definition) is 3. The highest BCUT2D eigenvalue weighted by Gasteiger charge is 2.26. The number of carbonyl (C=O) groups is 1. The van der Waals surface area contributed by atoms with Gasteiger partial charge in [-0.25, -0.2) is 0 Å². The molecule has 3 rings (SSSR count). The Balaban J connectivity index is 1.99. The molecule has 1 unspecified atom stereocenters. The van der Waals surface area contributed by atoms with E-state index in [4.69, 9.17) is 4.74 Å². The number of carbonyl (C=O) groups excluding carboxylic acids is 1. The molecule has 0 aliphatic heterocycles. The molecule has 1 aromatic heterocycles. The molecule has 2 aromatic carbocycles. The Kier molecular flexibility index (Phi) is 5.03. The van der Waals surface area contributed by atoms with Crippen molar-refractivity contribution in [3.8, 4) is 5.75 Å². The lowest BCUT2D eigenvalue weighted by molar-refractivity contribution is 0.0684. The summed E-state index contributed by atoms with van der Waals surface area (Å²) in [6, 6.07) is 15.4. The third-order valence-electron chi connectivity index (χ3n) is 4.45. The quantitative estimate of drug-likeness (QED) is 0.734. The number of para-hydroxylation sites is 2. The first kappa shape index (κ1) is 17.0. The number of amides is 1. The maximum absolute atomic E-state index is 13.2. The van der Waals surface area contributed by atoms with Crippen LogP contribution in [0.3, 0.4) is 0 Å². The summed E-state index contributed by atoms with van der Waals surface area (Å²) in [4.78, 5) is 15.1. The first-order valence-electron chi connectivity index (χ1n) is 8.54. The Hall–Kier alpha value is -2.82. The molecule has 1 atom stereocenters. The fraction of sp³-hybridized carbons (Fsp3) is 0.300. The highest BCUT2D eigenvalue weighted by molar-refractivity contribution is 6.04. The van der Waals surface area contributed by atoms with Gasteiger partial charge in [0.2, 0.25) is 0 Å². The molecule has 0 bridgehead atoms. The molecule has 25 heavy (non-hydrogen) atoms. The van der Waals surface area contributed by atoms with Crippen LogP contribution in [-0.4, -0.2) is 34.7 Å². The smallest absolute Gasteiger partial charge is 0.275 e. The number of methoxy groups -OCH3 is 1. The van der Waals surface area contributed by atoms with Gasteiger partial charge >= 0.3 is 0 Å².